The van der Waals surface area contributed by atoms with E-state index >= 15 is 0 Å². The lowest BCUT2D eigenvalue weighted by atomic mass is 10.0. The third-order valence-corrected chi connectivity index (χ3v) is 2.87. The SMILES string of the molecule is CC(C)C(NC(=O)CCC(=O)NCc1ccco1)C(=O)O. The average molecular weight is 296 g/mol. The summed E-state index contributed by atoms with van der Waals surface area (Å²) >= 11 is 0. The molecule has 0 aliphatic carbocycles. The number of carbonyl (C=O) groups is 3. The Morgan fingerprint density at radius 3 is 2.43 bits per heavy atom. The van der Waals surface area contributed by atoms with Gasteiger partial charge in [0.1, 0.15) is 11.8 Å². The highest BCUT2D eigenvalue weighted by Gasteiger charge is 2.23. The minimum atomic E-state index is -1.08. The first-order valence-electron chi connectivity index (χ1n) is 6.71. The van der Waals surface area contributed by atoms with Crippen molar-refractivity contribution < 1.29 is 23.9 Å². The first kappa shape index (κ1) is 16.7. The molecule has 0 spiro atoms. The number of aliphatic carboxylic acids is 1. The lowest BCUT2D eigenvalue weighted by molar-refractivity contribution is -0.143. The molecule has 2 amide bonds. The second kappa shape index (κ2) is 8.08. The molecule has 1 aromatic rings. The Labute approximate surface area is 122 Å². The van der Waals surface area contributed by atoms with E-state index in [-0.39, 0.29) is 31.2 Å². The van der Waals surface area contributed by atoms with E-state index in [0.29, 0.717) is 5.76 Å². The van der Waals surface area contributed by atoms with E-state index in [4.69, 9.17) is 9.52 Å². The Kier molecular flexibility index (Phi) is 6.45. The van der Waals surface area contributed by atoms with E-state index in [1.54, 1.807) is 26.0 Å². The molecule has 7 heteroatoms. The standard InChI is InChI=1S/C14H20N2O5/c1-9(2)13(14(19)20)16-12(18)6-5-11(17)15-8-10-4-3-7-21-10/h3-4,7,9,13H,5-6,8H2,1-2H3,(H,15,17)(H,16,18)(H,19,20). The van der Waals surface area contributed by atoms with E-state index in [9.17, 15) is 14.4 Å². The molecule has 0 aliphatic heterocycles. The van der Waals surface area contributed by atoms with Crippen LogP contribution < -0.4 is 10.6 Å². The van der Waals surface area contributed by atoms with Gasteiger partial charge >= 0.3 is 5.97 Å². The molecule has 1 heterocycles. The first-order valence-corrected chi connectivity index (χ1v) is 6.71. The van der Waals surface area contributed by atoms with E-state index in [1.165, 1.54) is 6.26 Å². The fourth-order valence-corrected chi connectivity index (χ4v) is 1.67. The second-order valence-corrected chi connectivity index (χ2v) is 4.98. The number of carboxylic acids is 1. The van der Waals surface area contributed by atoms with Gasteiger partial charge in [-0.15, -0.1) is 0 Å². The molecular formula is C14H20N2O5. The van der Waals surface area contributed by atoms with Gasteiger partial charge in [-0.05, 0) is 18.1 Å². The minimum Gasteiger partial charge on any atom is -0.480 e. The molecule has 1 atom stereocenters. The summed E-state index contributed by atoms with van der Waals surface area (Å²) in [4.78, 5) is 34.1. The fourth-order valence-electron chi connectivity index (χ4n) is 1.67. The van der Waals surface area contributed by atoms with Crippen molar-refractivity contribution in [2.75, 3.05) is 0 Å². The number of hydrogen-bond acceptors (Lipinski definition) is 4. The molecule has 0 bridgehead atoms. The highest BCUT2D eigenvalue weighted by molar-refractivity contribution is 5.86. The van der Waals surface area contributed by atoms with Crippen LogP contribution in [0, 0.1) is 5.92 Å². The zero-order valence-electron chi connectivity index (χ0n) is 12.1. The fraction of sp³-hybridized carbons (Fsp3) is 0.500. The molecular weight excluding hydrogens is 276 g/mol. The van der Waals surface area contributed by atoms with E-state index in [2.05, 4.69) is 10.6 Å². The Hall–Kier alpha value is -2.31. The van der Waals surface area contributed by atoms with Crippen molar-refractivity contribution in [2.45, 2.75) is 39.3 Å². The molecule has 0 saturated heterocycles. The summed E-state index contributed by atoms with van der Waals surface area (Å²) in [6, 6.07) is 2.50. The maximum atomic E-state index is 11.6. The summed E-state index contributed by atoms with van der Waals surface area (Å²) in [5.41, 5.74) is 0. The van der Waals surface area contributed by atoms with Crippen molar-refractivity contribution in [3.63, 3.8) is 0 Å². The highest BCUT2D eigenvalue weighted by Crippen LogP contribution is 2.03. The van der Waals surface area contributed by atoms with Gasteiger partial charge in [0.05, 0.1) is 12.8 Å². The summed E-state index contributed by atoms with van der Waals surface area (Å²) in [5.74, 6) is -1.43. The number of carboxylic acid groups (broad SMARTS) is 1. The van der Waals surface area contributed by atoms with Gasteiger partial charge in [0.25, 0.3) is 0 Å². The summed E-state index contributed by atoms with van der Waals surface area (Å²) in [7, 11) is 0. The first-order chi connectivity index (χ1) is 9.90. The van der Waals surface area contributed by atoms with Crippen LogP contribution in [-0.2, 0) is 20.9 Å². The van der Waals surface area contributed by atoms with Gasteiger partial charge in [0.15, 0.2) is 0 Å². The van der Waals surface area contributed by atoms with Crippen molar-refractivity contribution >= 4 is 17.8 Å². The lowest BCUT2D eigenvalue weighted by Crippen LogP contribution is -2.44. The predicted molar refractivity (Wildman–Crippen MR) is 74.2 cm³/mol. The van der Waals surface area contributed by atoms with Crippen LogP contribution in [0.5, 0.6) is 0 Å². The van der Waals surface area contributed by atoms with Gasteiger partial charge in [0, 0.05) is 12.8 Å². The molecule has 0 aromatic carbocycles. The van der Waals surface area contributed by atoms with Crippen LogP contribution in [0.2, 0.25) is 0 Å². The lowest BCUT2D eigenvalue weighted by Gasteiger charge is -2.17. The van der Waals surface area contributed by atoms with Crippen LogP contribution in [0.3, 0.4) is 0 Å². The average Bonchev–Trinajstić information content (AvgIpc) is 2.92. The zero-order valence-corrected chi connectivity index (χ0v) is 12.1. The van der Waals surface area contributed by atoms with Crippen molar-refractivity contribution in [1.29, 1.82) is 0 Å². The summed E-state index contributed by atoms with van der Waals surface area (Å²) in [6.07, 6.45) is 1.45. The van der Waals surface area contributed by atoms with Crippen LogP contribution in [0.4, 0.5) is 0 Å². The zero-order chi connectivity index (χ0) is 15.8. The Morgan fingerprint density at radius 1 is 1.24 bits per heavy atom. The van der Waals surface area contributed by atoms with E-state index in [0.717, 1.165) is 0 Å². The largest absolute Gasteiger partial charge is 0.480 e. The normalized spacial score (nSPS) is 12.0. The van der Waals surface area contributed by atoms with Crippen LogP contribution in [0.15, 0.2) is 22.8 Å². The second-order valence-electron chi connectivity index (χ2n) is 4.98. The quantitative estimate of drug-likeness (QED) is 0.660. The molecule has 1 rings (SSSR count). The Morgan fingerprint density at radius 2 is 1.90 bits per heavy atom. The van der Waals surface area contributed by atoms with E-state index in [1.807, 2.05) is 0 Å². The monoisotopic (exact) mass is 296 g/mol. The summed E-state index contributed by atoms with van der Waals surface area (Å²) < 4.78 is 5.06. The molecule has 0 fully saturated rings. The maximum Gasteiger partial charge on any atom is 0.326 e. The number of rotatable bonds is 8. The third-order valence-electron chi connectivity index (χ3n) is 2.87. The molecule has 1 aromatic heterocycles. The minimum absolute atomic E-state index is 0.00300. The molecule has 0 aliphatic rings. The Balaban J connectivity index is 2.28. The van der Waals surface area contributed by atoms with Crippen molar-refractivity contribution in [3.8, 4) is 0 Å². The highest BCUT2D eigenvalue weighted by atomic mass is 16.4. The van der Waals surface area contributed by atoms with Gasteiger partial charge in [-0.1, -0.05) is 13.8 Å². The predicted octanol–water partition coefficient (Wildman–Crippen LogP) is 0.901. The summed E-state index contributed by atoms with van der Waals surface area (Å²) in [6.45, 7) is 3.67. The van der Waals surface area contributed by atoms with Gasteiger partial charge in [-0.2, -0.15) is 0 Å². The number of furan rings is 1. The van der Waals surface area contributed by atoms with Crippen LogP contribution in [0.25, 0.3) is 0 Å². The number of amides is 2. The van der Waals surface area contributed by atoms with Crippen molar-refractivity contribution in [2.24, 2.45) is 5.92 Å². The van der Waals surface area contributed by atoms with Crippen molar-refractivity contribution in [1.82, 2.24) is 10.6 Å². The summed E-state index contributed by atoms with van der Waals surface area (Å²) in [5, 5.41) is 14.0. The third kappa shape index (κ3) is 6.11. The van der Waals surface area contributed by atoms with Gasteiger partial charge in [0.2, 0.25) is 11.8 Å². The number of carbonyl (C=O) groups excluding carboxylic acids is 2. The molecule has 7 nitrogen and oxygen atoms in total. The molecule has 116 valence electrons. The molecule has 1 unspecified atom stereocenters. The van der Waals surface area contributed by atoms with Crippen LogP contribution in [-0.4, -0.2) is 28.9 Å². The van der Waals surface area contributed by atoms with E-state index < -0.39 is 17.9 Å². The topological polar surface area (TPSA) is 109 Å². The smallest absolute Gasteiger partial charge is 0.326 e. The molecule has 3 N–H and O–H groups in total. The molecule has 0 saturated carbocycles. The van der Waals surface area contributed by atoms with Gasteiger partial charge in [-0.25, -0.2) is 4.79 Å². The number of nitrogens with one attached hydrogen (secondary N) is 2. The molecule has 0 radical (unpaired) electrons. The van der Waals surface area contributed by atoms with Crippen LogP contribution in [0.1, 0.15) is 32.4 Å². The Bertz CT molecular complexity index is 482. The van der Waals surface area contributed by atoms with Gasteiger partial charge < -0.3 is 20.2 Å². The van der Waals surface area contributed by atoms with Crippen molar-refractivity contribution in [3.05, 3.63) is 24.2 Å². The van der Waals surface area contributed by atoms with Gasteiger partial charge in [-0.3, -0.25) is 9.59 Å². The number of hydrogen-bond donors (Lipinski definition) is 3. The maximum absolute atomic E-state index is 11.6. The van der Waals surface area contributed by atoms with Crippen LogP contribution >= 0.6 is 0 Å². The molecule has 21 heavy (non-hydrogen) atoms.